The number of nitrogens with two attached hydrogens (primary N) is 1. The van der Waals surface area contributed by atoms with Crippen LogP contribution in [-0.2, 0) is 6.54 Å². The smallest absolute Gasteiger partial charge is 0.105 e. The van der Waals surface area contributed by atoms with Gasteiger partial charge in [0.25, 0.3) is 0 Å². The Morgan fingerprint density at radius 3 is 2.78 bits per heavy atom. The van der Waals surface area contributed by atoms with Crippen molar-refractivity contribution < 1.29 is 0 Å². The molecule has 0 radical (unpaired) electrons. The van der Waals surface area contributed by atoms with E-state index in [-0.39, 0.29) is 0 Å². The van der Waals surface area contributed by atoms with E-state index in [2.05, 4.69) is 32.7 Å². The number of halogens is 2. The van der Waals surface area contributed by atoms with Crippen LogP contribution in [0.15, 0.2) is 34.1 Å². The summed E-state index contributed by atoms with van der Waals surface area (Å²) in [6, 6.07) is 7.67. The van der Waals surface area contributed by atoms with Gasteiger partial charge in [0.15, 0.2) is 0 Å². The molecule has 0 unspecified atom stereocenters. The van der Waals surface area contributed by atoms with E-state index >= 15 is 0 Å². The summed E-state index contributed by atoms with van der Waals surface area (Å²) in [6.07, 6.45) is 0. The molecule has 1 heterocycles. The molecule has 0 fully saturated rings. The van der Waals surface area contributed by atoms with Crippen LogP contribution in [0.25, 0.3) is 0 Å². The van der Waals surface area contributed by atoms with E-state index in [4.69, 9.17) is 29.6 Å². The number of nitrogens with one attached hydrogen (secondary N) is 1. The van der Waals surface area contributed by atoms with Gasteiger partial charge in [0, 0.05) is 32.5 Å². The zero-order valence-electron chi connectivity index (χ0n) is 9.24. The summed E-state index contributed by atoms with van der Waals surface area (Å²) in [5.41, 5.74) is 7.21. The Hall–Kier alpha value is -0.620. The lowest BCUT2D eigenvalue weighted by molar-refractivity contribution is 1.19. The predicted octanol–water partition coefficient (Wildman–Crippen LogP) is 4.41. The molecule has 3 N–H and O–H groups in total. The molecule has 1 aromatic heterocycles. The van der Waals surface area contributed by atoms with Crippen LogP contribution in [0, 0.1) is 0 Å². The minimum absolute atomic E-state index is 0.314. The summed E-state index contributed by atoms with van der Waals surface area (Å²) in [7, 11) is 0. The predicted molar refractivity (Wildman–Crippen MR) is 86.7 cm³/mol. The summed E-state index contributed by atoms with van der Waals surface area (Å²) in [6.45, 7) is 0.763. The van der Waals surface area contributed by atoms with Crippen LogP contribution < -0.4 is 11.1 Å². The van der Waals surface area contributed by atoms with Gasteiger partial charge >= 0.3 is 0 Å². The molecule has 0 aliphatic heterocycles. The molecule has 0 spiro atoms. The molecule has 2 rings (SSSR count). The first-order valence-corrected chi connectivity index (χ1v) is 7.58. The molecule has 0 saturated carbocycles. The molecule has 0 aliphatic rings. The van der Waals surface area contributed by atoms with Crippen molar-refractivity contribution in [1.29, 1.82) is 0 Å². The SMILES string of the molecule is NC(=S)c1ccc(NCc2cc(Br)cs2)cc1Cl. The fourth-order valence-electron chi connectivity index (χ4n) is 1.46. The fourth-order valence-corrected chi connectivity index (χ4v) is 3.37. The molecule has 0 amide bonds. The van der Waals surface area contributed by atoms with Gasteiger partial charge in [-0.1, -0.05) is 23.8 Å². The van der Waals surface area contributed by atoms with Crippen LogP contribution >= 0.6 is 51.1 Å². The van der Waals surface area contributed by atoms with Gasteiger partial charge in [-0.05, 0) is 40.2 Å². The number of benzene rings is 1. The third-order valence-electron chi connectivity index (χ3n) is 2.32. The Kier molecular flexibility index (Phi) is 4.61. The van der Waals surface area contributed by atoms with E-state index in [0.29, 0.717) is 15.6 Å². The minimum Gasteiger partial charge on any atom is -0.389 e. The first kappa shape index (κ1) is 13.8. The second-order valence-electron chi connectivity index (χ2n) is 3.64. The number of hydrogen-bond donors (Lipinski definition) is 2. The van der Waals surface area contributed by atoms with Crippen LogP contribution in [0.1, 0.15) is 10.4 Å². The average Bonchev–Trinajstić information content (AvgIpc) is 2.72. The van der Waals surface area contributed by atoms with E-state index in [0.717, 1.165) is 16.7 Å². The van der Waals surface area contributed by atoms with E-state index in [1.807, 2.05) is 18.2 Å². The largest absolute Gasteiger partial charge is 0.389 e. The molecule has 0 atom stereocenters. The van der Waals surface area contributed by atoms with Crippen molar-refractivity contribution in [3.63, 3.8) is 0 Å². The molecular formula is C12H10BrClN2S2. The highest BCUT2D eigenvalue weighted by Gasteiger charge is 2.04. The van der Waals surface area contributed by atoms with Crippen LogP contribution in [-0.4, -0.2) is 4.99 Å². The molecule has 0 saturated heterocycles. The van der Waals surface area contributed by atoms with E-state index in [9.17, 15) is 0 Å². The highest BCUT2D eigenvalue weighted by Crippen LogP contribution is 2.23. The molecule has 0 bridgehead atoms. The van der Waals surface area contributed by atoms with Crippen LogP contribution in [0.3, 0.4) is 0 Å². The maximum Gasteiger partial charge on any atom is 0.105 e. The standard InChI is InChI=1S/C12H10BrClN2S2/c13-7-3-9(18-6-7)5-16-8-1-2-10(12(15)17)11(14)4-8/h1-4,6,16H,5H2,(H2,15,17). The van der Waals surface area contributed by atoms with Gasteiger partial charge in [-0.25, -0.2) is 0 Å². The van der Waals surface area contributed by atoms with Gasteiger partial charge in [0.2, 0.25) is 0 Å². The lowest BCUT2D eigenvalue weighted by Gasteiger charge is -2.08. The molecule has 0 aliphatic carbocycles. The summed E-state index contributed by atoms with van der Waals surface area (Å²) in [5, 5.41) is 5.93. The summed E-state index contributed by atoms with van der Waals surface area (Å²) < 4.78 is 1.10. The van der Waals surface area contributed by atoms with Crippen LogP contribution in [0.4, 0.5) is 5.69 Å². The summed E-state index contributed by atoms with van der Waals surface area (Å²) in [4.78, 5) is 1.56. The maximum absolute atomic E-state index is 6.10. The Bertz CT molecular complexity index is 583. The van der Waals surface area contributed by atoms with E-state index < -0.39 is 0 Å². The van der Waals surface area contributed by atoms with Crippen molar-refractivity contribution in [2.24, 2.45) is 5.73 Å². The molecule has 94 valence electrons. The zero-order valence-corrected chi connectivity index (χ0v) is 13.2. The lowest BCUT2D eigenvalue weighted by Crippen LogP contribution is -2.10. The lowest BCUT2D eigenvalue weighted by atomic mass is 10.2. The Morgan fingerprint density at radius 2 is 2.22 bits per heavy atom. The average molecular weight is 362 g/mol. The third kappa shape index (κ3) is 3.45. The number of thiocarbonyl (C=S) groups is 1. The fraction of sp³-hybridized carbons (Fsp3) is 0.0833. The Balaban J connectivity index is 2.06. The topological polar surface area (TPSA) is 38.0 Å². The van der Waals surface area contributed by atoms with E-state index in [1.165, 1.54) is 4.88 Å². The summed E-state index contributed by atoms with van der Waals surface area (Å²) in [5.74, 6) is 0. The number of thiophene rings is 1. The van der Waals surface area contributed by atoms with Crippen LogP contribution in [0.5, 0.6) is 0 Å². The van der Waals surface area contributed by atoms with Crippen molar-refractivity contribution in [2.45, 2.75) is 6.54 Å². The van der Waals surface area contributed by atoms with Crippen LogP contribution in [0.2, 0.25) is 5.02 Å². The maximum atomic E-state index is 6.10. The molecule has 6 heteroatoms. The zero-order chi connectivity index (χ0) is 13.1. The third-order valence-corrected chi connectivity index (χ3v) is 4.55. The van der Waals surface area contributed by atoms with E-state index in [1.54, 1.807) is 11.3 Å². The molecular weight excluding hydrogens is 352 g/mol. The normalized spacial score (nSPS) is 10.3. The molecule has 1 aromatic carbocycles. The first-order valence-electron chi connectivity index (χ1n) is 5.12. The van der Waals surface area contributed by atoms with Crippen molar-refractivity contribution in [2.75, 3.05) is 5.32 Å². The second-order valence-corrected chi connectivity index (χ2v) is 6.40. The van der Waals surface area contributed by atoms with Gasteiger partial charge in [0.05, 0.1) is 5.02 Å². The quantitative estimate of drug-likeness (QED) is 0.792. The molecule has 2 aromatic rings. The number of rotatable bonds is 4. The summed E-state index contributed by atoms with van der Waals surface area (Å²) >= 11 is 16.1. The highest BCUT2D eigenvalue weighted by molar-refractivity contribution is 9.10. The highest BCUT2D eigenvalue weighted by atomic mass is 79.9. The second kappa shape index (κ2) is 6.02. The van der Waals surface area contributed by atoms with Gasteiger partial charge in [0.1, 0.15) is 4.99 Å². The van der Waals surface area contributed by atoms with Crippen molar-refractivity contribution in [3.8, 4) is 0 Å². The Labute approximate surface area is 128 Å². The number of hydrogen-bond acceptors (Lipinski definition) is 3. The van der Waals surface area contributed by atoms with Gasteiger partial charge in [-0.2, -0.15) is 0 Å². The van der Waals surface area contributed by atoms with Gasteiger partial charge in [-0.15, -0.1) is 11.3 Å². The van der Waals surface area contributed by atoms with Gasteiger partial charge in [-0.3, -0.25) is 0 Å². The van der Waals surface area contributed by atoms with Gasteiger partial charge < -0.3 is 11.1 Å². The van der Waals surface area contributed by atoms with Crippen molar-refractivity contribution >= 4 is 61.8 Å². The Morgan fingerprint density at radius 1 is 1.44 bits per heavy atom. The van der Waals surface area contributed by atoms with Crippen molar-refractivity contribution in [3.05, 3.63) is 49.6 Å². The van der Waals surface area contributed by atoms with Crippen molar-refractivity contribution in [1.82, 2.24) is 0 Å². The molecule has 2 nitrogen and oxygen atoms in total. The number of anilines is 1. The first-order chi connectivity index (χ1) is 8.56. The molecule has 18 heavy (non-hydrogen) atoms. The monoisotopic (exact) mass is 360 g/mol. The minimum atomic E-state index is 0.314.